The molecule has 39 heavy (non-hydrogen) atoms. The minimum absolute atomic E-state index is 0.0189. The number of pyridine rings is 1. The molecule has 1 unspecified atom stereocenters. The summed E-state index contributed by atoms with van der Waals surface area (Å²) in [6, 6.07) is 15.8. The third-order valence-electron chi connectivity index (χ3n) is 6.61. The van der Waals surface area contributed by atoms with Gasteiger partial charge in [0.1, 0.15) is 17.4 Å². The van der Waals surface area contributed by atoms with Crippen LogP contribution in [-0.4, -0.2) is 49.8 Å². The van der Waals surface area contributed by atoms with Crippen LogP contribution in [0.15, 0.2) is 54.6 Å². The summed E-state index contributed by atoms with van der Waals surface area (Å²) < 4.78 is 33.2. The number of nitrogen functional groups attached to an aromatic ring is 1. The van der Waals surface area contributed by atoms with Crippen LogP contribution in [0.5, 0.6) is 11.5 Å². The van der Waals surface area contributed by atoms with Crippen LogP contribution in [0, 0.1) is 11.2 Å². The van der Waals surface area contributed by atoms with Crippen molar-refractivity contribution in [2.45, 2.75) is 51.8 Å². The van der Waals surface area contributed by atoms with Crippen molar-refractivity contribution >= 4 is 17.3 Å². The number of methoxy groups -OCH3 is 1. The highest BCUT2D eigenvalue weighted by Crippen LogP contribution is 2.37. The second-order valence-electron chi connectivity index (χ2n) is 9.86. The fraction of sp³-hybridized carbons (Fsp3) is 0.400. The first-order valence-electron chi connectivity index (χ1n) is 13.4. The van der Waals surface area contributed by atoms with E-state index in [1.165, 1.54) is 0 Å². The Morgan fingerprint density at radius 1 is 1.21 bits per heavy atom. The number of hydrogen-bond donors (Lipinski definition) is 3. The summed E-state index contributed by atoms with van der Waals surface area (Å²) in [4.78, 5) is 7.27. The van der Waals surface area contributed by atoms with Crippen molar-refractivity contribution < 1.29 is 18.6 Å². The number of aromatic nitrogens is 1. The fourth-order valence-corrected chi connectivity index (χ4v) is 4.88. The van der Waals surface area contributed by atoms with Crippen molar-refractivity contribution in [3.8, 4) is 11.5 Å². The van der Waals surface area contributed by atoms with E-state index in [4.69, 9.17) is 30.3 Å². The first kappa shape index (κ1) is 28.2. The maximum atomic E-state index is 16.1. The van der Waals surface area contributed by atoms with Gasteiger partial charge in [-0.05, 0) is 76.1 Å². The molecule has 0 radical (unpaired) electrons. The zero-order valence-electron chi connectivity index (χ0n) is 23.0. The van der Waals surface area contributed by atoms with Crippen LogP contribution < -0.4 is 25.4 Å². The van der Waals surface area contributed by atoms with E-state index < -0.39 is 11.9 Å². The van der Waals surface area contributed by atoms with Crippen molar-refractivity contribution in [1.82, 2.24) is 4.98 Å². The summed E-state index contributed by atoms with van der Waals surface area (Å²) in [5.74, 6) is 0.968. The number of nitrogens with one attached hydrogen (secondary N) is 2. The Hall–Kier alpha value is -3.85. The predicted octanol–water partition coefficient (Wildman–Crippen LogP) is 5.51. The van der Waals surface area contributed by atoms with Gasteiger partial charge in [0.05, 0.1) is 37.1 Å². The average Bonchev–Trinajstić information content (AvgIpc) is 3.38. The summed E-state index contributed by atoms with van der Waals surface area (Å²) in [5, 5.41) is 11.1. The maximum Gasteiger partial charge on any atom is 0.171 e. The largest absolute Gasteiger partial charge is 0.494 e. The van der Waals surface area contributed by atoms with Gasteiger partial charge >= 0.3 is 0 Å². The van der Waals surface area contributed by atoms with Crippen molar-refractivity contribution in [2.75, 3.05) is 37.1 Å². The smallest absolute Gasteiger partial charge is 0.171 e. The summed E-state index contributed by atoms with van der Waals surface area (Å²) in [6.07, 6.45) is 1.87. The number of nitrogens with two attached hydrogens (primary N) is 1. The Labute approximate surface area is 229 Å². The number of amidine groups is 1. The molecule has 0 saturated carbocycles. The van der Waals surface area contributed by atoms with E-state index in [9.17, 15) is 0 Å². The van der Waals surface area contributed by atoms with Crippen molar-refractivity contribution in [2.24, 2.45) is 5.73 Å². The van der Waals surface area contributed by atoms with Crippen LogP contribution >= 0.6 is 0 Å². The maximum absolute atomic E-state index is 16.1. The van der Waals surface area contributed by atoms with Crippen LogP contribution in [-0.2, 0) is 4.74 Å². The molecule has 1 aliphatic rings. The zero-order valence-corrected chi connectivity index (χ0v) is 23.0. The van der Waals surface area contributed by atoms with Gasteiger partial charge in [-0.3, -0.25) is 5.41 Å². The summed E-state index contributed by atoms with van der Waals surface area (Å²) >= 11 is 0. The predicted molar refractivity (Wildman–Crippen MR) is 153 cm³/mol. The molecule has 208 valence electrons. The molecule has 2 heterocycles. The average molecular weight is 536 g/mol. The van der Waals surface area contributed by atoms with E-state index in [1.807, 2.05) is 51.1 Å². The molecule has 8 nitrogen and oxygen atoms in total. The van der Waals surface area contributed by atoms with Crippen LogP contribution in [0.4, 0.5) is 15.9 Å². The van der Waals surface area contributed by atoms with Gasteiger partial charge in [0, 0.05) is 36.5 Å². The highest BCUT2D eigenvalue weighted by Gasteiger charge is 2.28. The standard InChI is InChI=1S/C30H38FN5O3/c1-5-38-23-16-24(28(31)26(17-23)39-19(2)3)29(34-21-13-11-20(12-14-21)30(32)33)25-9-6-10-27(35-25)36-15-7-8-22(36)18-37-4/h6,9-14,16-17,19,22,29,34H,5,7-8,15,18H2,1-4H3,(H3,32,33)/t22-,29?/m0/s1. The van der Waals surface area contributed by atoms with Gasteiger partial charge in [-0.2, -0.15) is 0 Å². The van der Waals surface area contributed by atoms with E-state index in [2.05, 4.69) is 10.2 Å². The Balaban J connectivity index is 1.81. The number of nitrogens with zero attached hydrogens (tertiary/aromatic N) is 2. The van der Waals surface area contributed by atoms with E-state index in [0.29, 0.717) is 35.8 Å². The number of rotatable bonds is 12. The molecular formula is C30H38FN5O3. The Morgan fingerprint density at radius 3 is 2.64 bits per heavy atom. The van der Waals surface area contributed by atoms with Gasteiger partial charge in [-0.1, -0.05) is 6.07 Å². The monoisotopic (exact) mass is 535 g/mol. The van der Waals surface area contributed by atoms with E-state index in [-0.39, 0.29) is 23.7 Å². The number of hydrogen-bond acceptors (Lipinski definition) is 7. The SMILES string of the molecule is CCOc1cc(OC(C)C)c(F)c(C(Nc2ccc(C(=N)N)cc2)c2cccc(N3CCC[C@H]3COC)n2)c1. The van der Waals surface area contributed by atoms with Crippen molar-refractivity contribution in [3.05, 3.63) is 77.2 Å². The summed E-state index contributed by atoms with van der Waals surface area (Å²) in [7, 11) is 1.71. The van der Waals surface area contributed by atoms with Crippen LogP contribution in [0.3, 0.4) is 0 Å². The van der Waals surface area contributed by atoms with Crippen molar-refractivity contribution in [3.63, 3.8) is 0 Å². The third kappa shape index (κ3) is 6.78. The van der Waals surface area contributed by atoms with Gasteiger partial charge in [-0.25, -0.2) is 9.37 Å². The molecule has 0 amide bonds. The normalized spacial score (nSPS) is 15.8. The van der Waals surface area contributed by atoms with E-state index in [1.54, 1.807) is 31.4 Å². The van der Waals surface area contributed by atoms with Crippen LogP contribution in [0.25, 0.3) is 0 Å². The van der Waals surface area contributed by atoms with Gasteiger partial charge in [0.2, 0.25) is 0 Å². The molecule has 2 aromatic carbocycles. The molecular weight excluding hydrogens is 497 g/mol. The Bertz CT molecular complexity index is 1270. The fourth-order valence-electron chi connectivity index (χ4n) is 4.88. The Kier molecular flexibility index (Phi) is 9.24. The molecule has 2 atom stereocenters. The second-order valence-corrected chi connectivity index (χ2v) is 9.86. The minimum atomic E-state index is -0.661. The molecule has 1 aromatic heterocycles. The lowest BCUT2D eigenvalue weighted by molar-refractivity contribution is 0.180. The number of benzene rings is 2. The molecule has 0 aliphatic carbocycles. The summed E-state index contributed by atoms with van der Waals surface area (Å²) in [6.45, 7) is 7.54. The zero-order chi connectivity index (χ0) is 27.9. The molecule has 1 saturated heterocycles. The van der Waals surface area contributed by atoms with Crippen molar-refractivity contribution in [1.29, 1.82) is 5.41 Å². The van der Waals surface area contributed by atoms with Gasteiger partial charge < -0.3 is 30.2 Å². The molecule has 4 N–H and O–H groups in total. The van der Waals surface area contributed by atoms with Gasteiger partial charge in [0.15, 0.2) is 11.6 Å². The number of anilines is 2. The highest BCUT2D eigenvalue weighted by atomic mass is 19.1. The summed E-state index contributed by atoms with van der Waals surface area (Å²) in [5.41, 5.74) is 7.97. The molecule has 9 heteroatoms. The molecule has 4 rings (SSSR count). The second kappa shape index (κ2) is 12.8. The molecule has 3 aromatic rings. The third-order valence-corrected chi connectivity index (χ3v) is 6.61. The number of halogens is 1. The first-order chi connectivity index (χ1) is 18.8. The van der Waals surface area contributed by atoms with E-state index >= 15 is 4.39 Å². The Morgan fingerprint density at radius 2 is 1.97 bits per heavy atom. The lowest BCUT2D eigenvalue weighted by atomic mass is 10.0. The van der Waals surface area contributed by atoms with Gasteiger partial charge in [0.25, 0.3) is 0 Å². The topological polar surface area (TPSA) is 106 Å². The molecule has 1 aliphatic heterocycles. The molecule has 1 fully saturated rings. The lowest BCUT2D eigenvalue weighted by Crippen LogP contribution is -2.33. The molecule has 0 spiro atoms. The minimum Gasteiger partial charge on any atom is -0.494 e. The number of ether oxygens (including phenoxy) is 3. The van der Waals surface area contributed by atoms with E-state index in [0.717, 1.165) is 30.9 Å². The quantitative estimate of drug-likeness (QED) is 0.208. The van der Waals surface area contributed by atoms with Crippen LogP contribution in [0.2, 0.25) is 0 Å². The van der Waals surface area contributed by atoms with Gasteiger partial charge in [-0.15, -0.1) is 0 Å². The highest BCUT2D eigenvalue weighted by molar-refractivity contribution is 5.95. The molecule has 0 bridgehead atoms. The lowest BCUT2D eigenvalue weighted by Gasteiger charge is -2.27. The first-order valence-corrected chi connectivity index (χ1v) is 13.4. The van der Waals surface area contributed by atoms with Crippen LogP contribution in [0.1, 0.15) is 56.5 Å².